The first-order valence-electron chi connectivity index (χ1n) is 34.1. The van der Waals surface area contributed by atoms with Gasteiger partial charge in [-0.2, -0.15) is 31.6 Å². The SMILES string of the molecule is [C-]#[N+]c1cccc(-c2ccc(-n3c4ccc(-c5c(C#N)cc([N+]#[C-])cc5C#N)cc4c4cc(-c5c(C#N)cc(C#N)cc5[N+]#[C-])ccc43)c(-c3ccc(-n4c5ccc(-c6c(C#N)cc([N+]#[C-])cc6[N+]#[C-])cc5c5cc(-c6c(C#N)cc([N+]#[C-])cc6[N+]#[C-])ccc54)c(-c4nc(-c5ccccc5)nc(-c5ccccc5)n4)c3)c2)c1. The van der Waals surface area contributed by atoms with Crippen molar-refractivity contribution in [3.63, 3.8) is 0 Å². The van der Waals surface area contributed by atoms with Crippen molar-refractivity contribution < 1.29 is 0 Å². The van der Waals surface area contributed by atoms with E-state index in [1.165, 1.54) is 48.5 Å². The summed E-state index contributed by atoms with van der Waals surface area (Å²) in [7, 11) is 0. The predicted octanol–water partition coefficient (Wildman–Crippen LogP) is 24.2. The molecule has 0 aliphatic rings. The number of rotatable bonds is 11. The lowest BCUT2D eigenvalue weighted by Gasteiger charge is -2.19. The summed E-state index contributed by atoms with van der Waals surface area (Å²) in [6.07, 6.45) is 0. The monoisotopic (exact) mass is 1420 g/mol. The van der Waals surface area contributed by atoms with Crippen LogP contribution in [0.5, 0.6) is 0 Å². The third-order valence-corrected chi connectivity index (χ3v) is 19.6. The van der Waals surface area contributed by atoms with E-state index < -0.39 is 0 Å². The molecule has 3 heterocycles. The lowest BCUT2D eigenvalue weighted by Crippen LogP contribution is -2.04. The maximum Gasteiger partial charge on any atom is 0.197 e. The van der Waals surface area contributed by atoms with E-state index >= 15 is 0 Å². The molecule has 16 aromatic rings. The van der Waals surface area contributed by atoms with Gasteiger partial charge in [-0.05, 0) is 154 Å². The average Bonchev–Trinajstić information content (AvgIpc) is 1.56. The molecular weight excluding hydrogens is 1380 g/mol. The maximum absolute atomic E-state index is 10.7. The van der Waals surface area contributed by atoms with Crippen LogP contribution in [0, 0.1) is 114 Å². The van der Waals surface area contributed by atoms with Gasteiger partial charge in [0.25, 0.3) is 0 Å². The van der Waals surface area contributed by atoms with Gasteiger partial charge in [-0.25, -0.2) is 48.9 Å². The van der Waals surface area contributed by atoms with E-state index in [2.05, 4.69) is 79.5 Å². The van der Waals surface area contributed by atoms with Gasteiger partial charge in [0.2, 0.25) is 0 Å². The van der Waals surface area contributed by atoms with Crippen molar-refractivity contribution in [1.29, 1.82) is 31.6 Å². The van der Waals surface area contributed by atoms with E-state index in [0.717, 1.165) is 11.1 Å². The van der Waals surface area contributed by atoms with E-state index in [-0.39, 0.29) is 73.3 Å². The molecule has 0 amide bonds. The second-order valence-electron chi connectivity index (χ2n) is 25.7. The van der Waals surface area contributed by atoms with Crippen LogP contribution in [0.25, 0.3) is 190 Å². The van der Waals surface area contributed by atoms with E-state index in [1.807, 2.05) is 188 Å². The van der Waals surface area contributed by atoms with E-state index in [0.29, 0.717) is 145 Å². The molecule has 0 aliphatic heterocycles. The van der Waals surface area contributed by atoms with Crippen LogP contribution < -0.4 is 0 Å². The number of aromatic nitrogens is 5. The Balaban J connectivity index is 1.03. The molecule has 13 aromatic carbocycles. The molecule has 506 valence electrons. The van der Waals surface area contributed by atoms with E-state index in [1.54, 1.807) is 6.07 Å². The van der Waals surface area contributed by atoms with Crippen LogP contribution in [0.3, 0.4) is 0 Å². The highest BCUT2D eigenvalue weighted by Crippen LogP contribution is 2.49. The fraction of sp³-hybridized carbons (Fsp3) is 0. The molecule has 0 aliphatic carbocycles. The van der Waals surface area contributed by atoms with E-state index in [4.69, 9.17) is 61.0 Å². The predicted molar refractivity (Wildman–Crippen MR) is 430 cm³/mol. The molecular formula is C94H40N18. The number of nitrogens with zero attached hydrogens (tertiary/aromatic N) is 18. The van der Waals surface area contributed by atoms with Crippen molar-refractivity contribution in [2.45, 2.75) is 0 Å². The standard InChI is InChI=1S/C94H40N18/c1-101-69-20-14-19-57(35-69)58-21-27-82(111-83-29-23-60(88-65(50-97)36-70(102-2)37-66(88)51-98)42-74(83)75-43-61(24-30-84(75)111)89-64(49-96)33-54(48-95)34-79(89)105-5)73(40-58)59-22-28-87(78(41-59)94-109-92(55-15-10-8-11-16-55)108-93(110-94)56-17-12-9-13-18-56)112-85-31-25-62(90-67(52-99)38-71(103-3)46-80(90)106-6)44-76(85)77-45-63(26-32-86(77)112)91-68(53-100)39-72(104-4)47-81(91)107-7/h8-47H. The number of hydrogen-bond acceptors (Lipinski definition) is 9. The molecule has 112 heavy (non-hydrogen) atoms. The molecule has 0 radical (unpaired) electrons. The first-order valence-corrected chi connectivity index (χ1v) is 34.1. The summed E-state index contributed by atoms with van der Waals surface area (Å²) in [5.74, 6) is 0.939. The van der Waals surface area contributed by atoms with Gasteiger partial charge in [-0.3, -0.25) is 0 Å². The van der Waals surface area contributed by atoms with Gasteiger partial charge in [-0.1, -0.05) is 127 Å². The topological polar surface area (TPSA) is 222 Å². The van der Waals surface area contributed by atoms with Gasteiger partial charge in [0.05, 0.1) is 133 Å². The molecule has 18 heteroatoms. The molecule has 0 bridgehead atoms. The van der Waals surface area contributed by atoms with Gasteiger partial charge < -0.3 is 9.13 Å². The van der Waals surface area contributed by atoms with Gasteiger partial charge in [0.1, 0.15) is 0 Å². The zero-order valence-electron chi connectivity index (χ0n) is 58.1. The lowest BCUT2D eigenvalue weighted by atomic mass is 9.92. The van der Waals surface area contributed by atoms with Crippen LogP contribution in [0.4, 0.5) is 39.8 Å². The van der Waals surface area contributed by atoms with Crippen LogP contribution in [0.1, 0.15) is 33.4 Å². The summed E-state index contributed by atoms with van der Waals surface area (Å²) in [5.41, 5.74) is 13.1. The summed E-state index contributed by atoms with van der Waals surface area (Å²) in [5, 5.41) is 66.0. The highest BCUT2D eigenvalue weighted by molar-refractivity contribution is 6.15. The molecule has 0 unspecified atom stereocenters. The fourth-order valence-corrected chi connectivity index (χ4v) is 14.8. The Morgan fingerprint density at radius 1 is 0.250 bits per heavy atom. The zero-order valence-corrected chi connectivity index (χ0v) is 58.1. The molecule has 18 nitrogen and oxygen atoms in total. The molecule has 0 spiro atoms. The maximum atomic E-state index is 10.7. The Morgan fingerprint density at radius 3 is 1.02 bits per heavy atom. The second kappa shape index (κ2) is 28.1. The van der Waals surface area contributed by atoms with Crippen LogP contribution in [0.2, 0.25) is 0 Å². The lowest BCUT2D eigenvalue weighted by molar-refractivity contribution is 1.06. The van der Waals surface area contributed by atoms with Gasteiger partial charge in [0.15, 0.2) is 57.3 Å². The summed E-state index contributed by atoms with van der Waals surface area (Å²) < 4.78 is 4.14. The fourth-order valence-electron chi connectivity index (χ4n) is 14.8. The normalized spacial score (nSPS) is 10.6. The second-order valence-corrected chi connectivity index (χ2v) is 25.7. The third kappa shape index (κ3) is 11.6. The Morgan fingerprint density at radius 2 is 0.598 bits per heavy atom. The highest BCUT2D eigenvalue weighted by atomic mass is 15.1. The number of benzene rings is 13. The van der Waals surface area contributed by atoms with Gasteiger partial charge >= 0.3 is 0 Å². The molecule has 0 fully saturated rings. The molecule has 16 rings (SSSR count). The highest BCUT2D eigenvalue weighted by Gasteiger charge is 2.28. The minimum atomic E-state index is 0.0815. The number of nitriles is 6. The Bertz CT molecular complexity index is 6990. The summed E-state index contributed by atoms with van der Waals surface area (Å²) in [4.78, 5) is 42.0. The molecule has 0 N–H and O–H groups in total. The Kier molecular flexibility index (Phi) is 17.1. The van der Waals surface area contributed by atoms with Crippen molar-refractivity contribution in [2.75, 3.05) is 0 Å². The quantitative estimate of drug-likeness (QED) is 0.112. The third-order valence-electron chi connectivity index (χ3n) is 19.6. The van der Waals surface area contributed by atoms with Crippen molar-refractivity contribution >= 4 is 83.4 Å². The molecule has 0 atom stereocenters. The first-order chi connectivity index (χ1) is 54.9. The van der Waals surface area contributed by atoms with Crippen molar-refractivity contribution in [2.24, 2.45) is 0 Å². The smallest absolute Gasteiger partial charge is 0.197 e. The first kappa shape index (κ1) is 68.3. The van der Waals surface area contributed by atoms with Crippen LogP contribution in [0.15, 0.2) is 243 Å². The van der Waals surface area contributed by atoms with Crippen molar-refractivity contribution in [3.05, 3.63) is 356 Å². The number of fused-ring (bicyclic) bond motifs is 6. The van der Waals surface area contributed by atoms with Crippen molar-refractivity contribution in [3.8, 4) is 149 Å². The average molecular weight is 1420 g/mol. The minimum absolute atomic E-state index is 0.0815. The minimum Gasteiger partial charge on any atom is -0.309 e. The zero-order chi connectivity index (χ0) is 77.4. The summed E-state index contributed by atoms with van der Waals surface area (Å²) in [6.45, 7) is 56.6. The largest absolute Gasteiger partial charge is 0.309 e. The van der Waals surface area contributed by atoms with Gasteiger partial charge in [-0.15, -0.1) is 0 Å². The van der Waals surface area contributed by atoms with Crippen LogP contribution >= 0.6 is 0 Å². The Hall–Kier alpha value is -18.2. The van der Waals surface area contributed by atoms with Crippen LogP contribution in [-0.2, 0) is 0 Å². The van der Waals surface area contributed by atoms with E-state index in [9.17, 15) is 31.6 Å². The van der Waals surface area contributed by atoms with Gasteiger partial charge in [0, 0.05) is 82.7 Å². The molecule has 0 saturated carbocycles. The Labute approximate surface area is 640 Å². The summed E-state index contributed by atoms with van der Waals surface area (Å²) >= 11 is 0. The summed E-state index contributed by atoms with van der Waals surface area (Å²) in [6, 6.07) is 85.5. The van der Waals surface area contributed by atoms with Crippen molar-refractivity contribution in [1.82, 2.24) is 24.1 Å². The number of hydrogen-bond donors (Lipinski definition) is 0. The molecule has 3 aromatic heterocycles. The van der Waals surface area contributed by atoms with Crippen LogP contribution in [-0.4, -0.2) is 24.1 Å². The molecule has 0 saturated heterocycles.